The highest BCUT2D eigenvalue weighted by atomic mass is 35.5. The summed E-state index contributed by atoms with van der Waals surface area (Å²) in [7, 11) is 1.69. The molecule has 0 bridgehead atoms. The fraction of sp³-hybridized carbons (Fsp3) is 0.400. The number of H-pyrrole nitrogens is 1. The number of benzene rings is 1. The molecule has 4 rings (SSSR count). The van der Waals surface area contributed by atoms with Gasteiger partial charge < -0.3 is 15.4 Å². The van der Waals surface area contributed by atoms with E-state index in [1.807, 2.05) is 24.4 Å². The molecule has 3 N–H and O–H groups in total. The summed E-state index contributed by atoms with van der Waals surface area (Å²) in [6.45, 7) is 0.472. The SMILES string of the molecule is Cn1ncc(Cl)c1C(=O)NCCc1c[nH]c2cccc(C3(O)CCCC3)c12. The monoisotopic (exact) mass is 386 g/mol. The van der Waals surface area contributed by atoms with Gasteiger partial charge in [-0.3, -0.25) is 9.48 Å². The number of aliphatic hydroxyl groups is 1. The normalized spacial score (nSPS) is 16.1. The first-order valence-corrected chi connectivity index (χ1v) is 9.65. The average molecular weight is 387 g/mol. The van der Waals surface area contributed by atoms with Gasteiger partial charge in [-0.15, -0.1) is 0 Å². The zero-order valence-corrected chi connectivity index (χ0v) is 16.0. The average Bonchev–Trinajstić information content (AvgIpc) is 3.35. The van der Waals surface area contributed by atoms with Gasteiger partial charge in [0.2, 0.25) is 0 Å². The van der Waals surface area contributed by atoms with Crippen LogP contribution >= 0.6 is 11.6 Å². The zero-order chi connectivity index (χ0) is 19.0. The molecule has 3 aromatic rings. The molecule has 0 saturated heterocycles. The van der Waals surface area contributed by atoms with Gasteiger partial charge in [0.15, 0.2) is 0 Å². The van der Waals surface area contributed by atoms with Gasteiger partial charge in [0.05, 0.1) is 16.8 Å². The highest BCUT2D eigenvalue weighted by molar-refractivity contribution is 6.33. The molecule has 0 spiro atoms. The van der Waals surface area contributed by atoms with Crippen LogP contribution in [-0.2, 0) is 19.1 Å². The van der Waals surface area contributed by atoms with Crippen molar-refractivity contribution in [3.05, 3.63) is 52.4 Å². The van der Waals surface area contributed by atoms with E-state index in [2.05, 4.69) is 15.4 Å². The summed E-state index contributed by atoms with van der Waals surface area (Å²) in [6.07, 6.45) is 7.79. The Labute approximate surface area is 162 Å². The number of halogens is 1. The summed E-state index contributed by atoms with van der Waals surface area (Å²) in [4.78, 5) is 15.7. The lowest BCUT2D eigenvalue weighted by Crippen LogP contribution is -2.28. The quantitative estimate of drug-likeness (QED) is 0.629. The number of carbonyl (C=O) groups is 1. The number of hydrogen-bond donors (Lipinski definition) is 3. The summed E-state index contributed by atoms with van der Waals surface area (Å²) < 4.78 is 1.47. The molecule has 2 aromatic heterocycles. The van der Waals surface area contributed by atoms with Crippen molar-refractivity contribution >= 4 is 28.4 Å². The molecule has 7 heteroatoms. The molecule has 1 fully saturated rings. The van der Waals surface area contributed by atoms with E-state index in [0.29, 0.717) is 23.7 Å². The van der Waals surface area contributed by atoms with Crippen molar-refractivity contribution in [1.29, 1.82) is 0 Å². The Hall–Kier alpha value is -2.31. The van der Waals surface area contributed by atoms with E-state index in [-0.39, 0.29) is 5.91 Å². The summed E-state index contributed by atoms with van der Waals surface area (Å²) in [5, 5.41) is 19.4. The third kappa shape index (κ3) is 3.24. The molecule has 1 aromatic carbocycles. The Bertz CT molecular complexity index is 966. The first-order chi connectivity index (χ1) is 13.0. The Morgan fingerprint density at radius 1 is 1.41 bits per heavy atom. The molecule has 6 nitrogen and oxygen atoms in total. The third-order valence-electron chi connectivity index (χ3n) is 5.51. The number of nitrogens with zero attached hydrogens (tertiary/aromatic N) is 2. The van der Waals surface area contributed by atoms with Crippen molar-refractivity contribution in [2.24, 2.45) is 7.05 Å². The summed E-state index contributed by atoms with van der Waals surface area (Å²) in [6, 6.07) is 6.04. The van der Waals surface area contributed by atoms with Crippen molar-refractivity contribution < 1.29 is 9.90 Å². The van der Waals surface area contributed by atoms with Crippen LogP contribution in [0.1, 0.15) is 47.3 Å². The predicted molar refractivity (Wildman–Crippen MR) is 105 cm³/mol. The topological polar surface area (TPSA) is 82.9 Å². The molecular weight excluding hydrogens is 364 g/mol. The Balaban J connectivity index is 1.54. The molecule has 1 aliphatic rings. The first-order valence-electron chi connectivity index (χ1n) is 9.27. The lowest BCUT2D eigenvalue weighted by molar-refractivity contribution is 0.0460. The molecule has 0 unspecified atom stereocenters. The van der Waals surface area contributed by atoms with Crippen LogP contribution in [0, 0.1) is 0 Å². The minimum atomic E-state index is -0.748. The Kier molecular flexibility index (Phi) is 4.70. The molecule has 2 heterocycles. The number of nitrogens with one attached hydrogen (secondary N) is 2. The molecule has 0 radical (unpaired) electrons. The number of fused-ring (bicyclic) bond motifs is 1. The fourth-order valence-electron chi connectivity index (χ4n) is 4.13. The van der Waals surface area contributed by atoms with Crippen LogP contribution in [0.3, 0.4) is 0 Å². The largest absolute Gasteiger partial charge is 0.385 e. The van der Waals surface area contributed by atoms with Gasteiger partial charge in [-0.25, -0.2) is 0 Å². The first kappa shape index (κ1) is 18.1. The Morgan fingerprint density at radius 2 is 2.19 bits per heavy atom. The minimum Gasteiger partial charge on any atom is -0.385 e. The lowest BCUT2D eigenvalue weighted by Gasteiger charge is -2.24. The van der Waals surface area contributed by atoms with Gasteiger partial charge >= 0.3 is 0 Å². The molecule has 0 aliphatic heterocycles. The van der Waals surface area contributed by atoms with E-state index < -0.39 is 5.60 Å². The Morgan fingerprint density at radius 3 is 2.89 bits per heavy atom. The molecule has 27 heavy (non-hydrogen) atoms. The second-order valence-electron chi connectivity index (χ2n) is 7.25. The fourth-order valence-corrected chi connectivity index (χ4v) is 4.38. The van der Waals surface area contributed by atoms with E-state index in [1.54, 1.807) is 7.05 Å². The second-order valence-corrected chi connectivity index (χ2v) is 7.66. The third-order valence-corrected chi connectivity index (χ3v) is 5.79. The van der Waals surface area contributed by atoms with Gasteiger partial charge in [0.1, 0.15) is 5.69 Å². The van der Waals surface area contributed by atoms with Crippen LogP contribution in [0.25, 0.3) is 10.9 Å². The van der Waals surface area contributed by atoms with Crippen molar-refractivity contribution in [2.45, 2.75) is 37.7 Å². The smallest absolute Gasteiger partial charge is 0.271 e. The van der Waals surface area contributed by atoms with E-state index in [0.717, 1.165) is 47.7 Å². The highest BCUT2D eigenvalue weighted by Crippen LogP contribution is 2.42. The van der Waals surface area contributed by atoms with Crippen molar-refractivity contribution in [3.8, 4) is 0 Å². The van der Waals surface area contributed by atoms with Crippen LogP contribution in [0.15, 0.2) is 30.6 Å². The minimum absolute atomic E-state index is 0.241. The van der Waals surface area contributed by atoms with E-state index in [1.165, 1.54) is 10.9 Å². The molecule has 1 aliphatic carbocycles. The maximum Gasteiger partial charge on any atom is 0.271 e. The van der Waals surface area contributed by atoms with Crippen LogP contribution in [-0.4, -0.2) is 32.3 Å². The zero-order valence-electron chi connectivity index (χ0n) is 15.3. The number of aromatic nitrogens is 3. The highest BCUT2D eigenvalue weighted by Gasteiger charge is 2.35. The van der Waals surface area contributed by atoms with Gasteiger partial charge in [0, 0.05) is 30.7 Å². The number of aryl methyl sites for hydroxylation is 1. The van der Waals surface area contributed by atoms with E-state index in [9.17, 15) is 9.90 Å². The van der Waals surface area contributed by atoms with Gasteiger partial charge in [-0.1, -0.05) is 36.6 Å². The molecule has 0 atom stereocenters. The number of hydrogen-bond acceptors (Lipinski definition) is 3. The number of amides is 1. The van der Waals surface area contributed by atoms with Crippen molar-refractivity contribution in [2.75, 3.05) is 6.54 Å². The van der Waals surface area contributed by atoms with Crippen LogP contribution in [0.2, 0.25) is 5.02 Å². The van der Waals surface area contributed by atoms with Gasteiger partial charge in [0.25, 0.3) is 5.91 Å². The van der Waals surface area contributed by atoms with Gasteiger partial charge in [-0.05, 0) is 36.5 Å². The summed E-state index contributed by atoms with van der Waals surface area (Å²) in [5.74, 6) is -0.241. The molecule has 1 amide bonds. The molecule has 1 saturated carbocycles. The number of rotatable bonds is 5. The van der Waals surface area contributed by atoms with Crippen molar-refractivity contribution in [3.63, 3.8) is 0 Å². The second kappa shape index (κ2) is 7.02. The van der Waals surface area contributed by atoms with Crippen molar-refractivity contribution in [1.82, 2.24) is 20.1 Å². The number of aromatic amines is 1. The lowest BCUT2D eigenvalue weighted by atomic mass is 9.88. The van der Waals surface area contributed by atoms with Crippen LogP contribution < -0.4 is 5.32 Å². The van der Waals surface area contributed by atoms with Gasteiger partial charge in [-0.2, -0.15) is 5.10 Å². The van der Waals surface area contributed by atoms with Crippen LogP contribution in [0.4, 0.5) is 0 Å². The summed E-state index contributed by atoms with van der Waals surface area (Å²) >= 11 is 6.03. The maximum absolute atomic E-state index is 12.4. The summed E-state index contributed by atoms with van der Waals surface area (Å²) in [5.41, 5.74) is 2.72. The predicted octanol–water partition coefficient (Wildman–Crippen LogP) is 3.29. The van der Waals surface area contributed by atoms with E-state index in [4.69, 9.17) is 11.6 Å². The molecular formula is C20H23ClN4O2. The van der Waals surface area contributed by atoms with Crippen LogP contribution in [0.5, 0.6) is 0 Å². The number of carbonyl (C=O) groups excluding carboxylic acids is 1. The maximum atomic E-state index is 12.4. The molecule has 142 valence electrons. The standard InChI is InChI=1S/C20H23ClN4O2/c1-25-18(15(21)12-24-25)19(26)22-10-7-13-11-23-16-6-4-5-14(17(13)16)20(27)8-2-3-9-20/h4-6,11-12,23,27H,2-3,7-10H2,1H3,(H,22,26). The van der Waals surface area contributed by atoms with E-state index >= 15 is 0 Å².